The van der Waals surface area contributed by atoms with Crippen LogP contribution >= 0.6 is 48.0 Å². The third-order valence-electron chi connectivity index (χ3n) is 7.19. The van der Waals surface area contributed by atoms with Crippen molar-refractivity contribution in [1.29, 1.82) is 0 Å². The molecule has 0 unspecified atom stereocenters. The van der Waals surface area contributed by atoms with Gasteiger partial charge in [-0.1, -0.05) is 48.0 Å². The number of furan rings is 2. The van der Waals surface area contributed by atoms with Crippen LogP contribution in [0.15, 0.2) is 55.4 Å². The SMILES string of the molecule is O=C(CCN1C(=O)C(=Cc2ccco2)SC1=S)NCCN1CCN(C(=O)CCCN2C(=O)C(=Cc3ccco3)SC2=S)CC1. The molecule has 3 saturated heterocycles. The molecule has 2 aromatic heterocycles. The van der Waals surface area contributed by atoms with Gasteiger partial charge in [-0.25, -0.2) is 0 Å². The van der Waals surface area contributed by atoms with E-state index in [1.165, 1.54) is 34.7 Å². The summed E-state index contributed by atoms with van der Waals surface area (Å²) < 4.78 is 11.5. The van der Waals surface area contributed by atoms with Gasteiger partial charge in [-0.15, -0.1) is 0 Å². The van der Waals surface area contributed by atoms with Crippen LogP contribution in [-0.4, -0.2) is 104 Å². The van der Waals surface area contributed by atoms with E-state index in [-0.39, 0.29) is 36.6 Å². The average molecular weight is 674 g/mol. The lowest BCUT2D eigenvalue weighted by molar-refractivity contribution is -0.133. The van der Waals surface area contributed by atoms with Crippen LogP contribution in [0.2, 0.25) is 0 Å². The van der Waals surface area contributed by atoms with Crippen LogP contribution in [0.5, 0.6) is 0 Å². The molecule has 11 nitrogen and oxygen atoms in total. The Bertz CT molecular complexity index is 1460. The molecule has 4 amide bonds. The van der Waals surface area contributed by atoms with E-state index in [4.69, 9.17) is 33.3 Å². The maximum atomic E-state index is 12.8. The Morgan fingerprint density at radius 1 is 0.818 bits per heavy atom. The highest BCUT2D eigenvalue weighted by atomic mass is 32.2. The van der Waals surface area contributed by atoms with Gasteiger partial charge in [0.25, 0.3) is 11.8 Å². The Balaban J connectivity index is 0.946. The summed E-state index contributed by atoms with van der Waals surface area (Å²) in [4.78, 5) is 58.6. The Labute approximate surface area is 274 Å². The molecule has 15 heteroatoms. The van der Waals surface area contributed by atoms with Crippen molar-refractivity contribution in [3.05, 3.63) is 58.1 Å². The molecular formula is C29H31N5O6S4. The quantitative estimate of drug-likeness (QED) is 0.264. The molecule has 1 N–H and O–H groups in total. The minimum absolute atomic E-state index is 0.0595. The molecule has 0 saturated carbocycles. The second-order valence-electron chi connectivity index (χ2n) is 10.1. The molecule has 0 aliphatic carbocycles. The monoisotopic (exact) mass is 673 g/mol. The number of amides is 4. The van der Waals surface area contributed by atoms with Gasteiger partial charge in [-0.2, -0.15) is 0 Å². The number of hydrogen-bond acceptors (Lipinski definition) is 11. The fraction of sp³-hybridized carbons (Fsp3) is 0.379. The molecular weight excluding hydrogens is 643 g/mol. The van der Waals surface area contributed by atoms with Crippen molar-refractivity contribution < 1.29 is 28.0 Å². The van der Waals surface area contributed by atoms with Gasteiger partial charge in [0.1, 0.15) is 20.2 Å². The molecule has 44 heavy (non-hydrogen) atoms. The van der Waals surface area contributed by atoms with E-state index in [1.54, 1.807) is 47.6 Å². The number of carbonyl (C=O) groups excluding carboxylic acids is 4. The first-order chi connectivity index (χ1) is 21.3. The highest BCUT2D eigenvalue weighted by molar-refractivity contribution is 8.27. The number of thioether (sulfide) groups is 2. The maximum absolute atomic E-state index is 12.8. The van der Waals surface area contributed by atoms with Crippen LogP contribution in [0.4, 0.5) is 0 Å². The number of nitrogens with one attached hydrogen (secondary N) is 1. The second-order valence-corrected chi connectivity index (χ2v) is 13.5. The van der Waals surface area contributed by atoms with Gasteiger partial charge in [0.15, 0.2) is 0 Å². The zero-order chi connectivity index (χ0) is 31.1. The lowest BCUT2D eigenvalue weighted by atomic mass is 10.2. The van der Waals surface area contributed by atoms with Crippen molar-refractivity contribution in [1.82, 2.24) is 24.9 Å². The molecule has 0 aromatic carbocycles. The van der Waals surface area contributed by atoms with E-state index in [2.05, 4.69) is 10.2 Å². The van der Waals surface area contributed by atoms with Crippen molar-refractivity contribution in [3.8, 4) is 0 Å². The summed E-state index contributed by atoms with van der Waals surface area (Å²) in [7, 11) is 0. The van der Waals surface area contributed by atoms with Crippen molar-refractivity contribution in [2.45, 2.75) is 19.3 Å². The van der Waals surface area contributed by atoms with E-state index in [9.17, 15) is 19.2 Å². The maximum Gasteiger partial charge on any atom is 0.266 e. The number of nitrogens with zero attached hydrogens (tertiary/aromatic N) is 4. The van der Waals surface area contributed by atoms with Gasteiger partial charge in [0, 0.05) is 77.4 Å². The Morgan fingerprint density at radius 2 is 1.39 bits per heavy atom. The molecule has 0 radical (unpaired) electrons. The lowest BCUT2D eigenvalue weighted by Crippen LogP contribution is -2.50. The number of carbonyl (C=O) groups is 4. The van der Waals surface area contributed by atoms with E-state index < -0.39 is 0 Å². The largest absolute Gasteiger partial charge is 0.465 e. The fourth-order valence-corrected chi connectivity index (χ4v) is 7.39. The first kappa shape index (κ1) is 32.2. The fourth-order valence-electron chi connectivity index (χ4n) is 4.81. The summed E-state index contributed by atoms with van der Waals surface area (Å²) >= 11 is 13.1. The number of thiocarbonyl (C=S) groups is 2. The molecule has 5 rings (SSSR count). The zero-order valence-electron chi connectivity index (χ0n) is 23.8. The molecule has 0 spiro atoms. The van der Waals surface area contributed by atoms with Crippen LogP contribution in [-0.2, 0) is 19.2 Å². The molecule has 2 aromatic rings. The van der Waals surface area contributed by atoms with E-state index in [0.717, 1.165) is 0 Å². The van der Waals surface area contributed by atoms with Crippen LogP contribution < -0.4 is 5.32 Å². The Morgan fingerprint density at radius 3 is 1.93 bits per heavy atom. The van der Waals surface area contributed by atoms with Crippen LogP contribution in [0.25, 0.3) is 12.2 Å². The van der Waals surface area contributed by atoms with Gasteiger partial charge >= 0.3 is 0 Å². The number of hydrogen-bond donors (Lipinski definition) is 1. The highest BCUT2D eigenvalue weighted by Gasteiger charge is 2.33. The normalized spacial score (nSPS) is 19.7. The first-order valence-electron chi connectivity index (χ1n) is 14.1. The highest BCUT2D eigenvalue weighted by Crippen LogP contribution is 2.33. The van der Waals surface area contributed by atoms with Crippen LogP contribution in [0.1, 0.15) is 30.8 Å². The van der Waals surface area contributed by atoms with E-state index >= 15 is 0 Å². The topological polar surface area (TPSA) is 120 Å². The molecule has 5 heterocycles. The predicted molar refractivity (Wildman–Crippen MR) is 177 cm³/mol. The second kappa shape index (κ2) is 15.2. The smallest absolute Gasteiger partial charge is 0.266 e. The van der Waals surface area contributed by atoms with E-state index in [1.807, 2.05) is 4.90 Å². The van der Waals surface area contributed by atoms with Crippen molar-refractivity contribution in [3.63, 3.8) is 0 Å². The minimum Gasteiger partial charge on any atom is -0.465 e. The standard InChI is InChI=1S/C29H31N5O6S4/c35-24(7-10-34-27(38)23(44-29(34)42)19-21-5-3-17-40-21)30-8-11-31-12-14-32(15-13-31)25(36)6-1-9-33-26(37)22(43-28(33)41)18-20-4-2-16-39-20/h2-5,16-19H,1,6-15H2,(H,30,35). The minimum atomic E-state index is -0.226. The molecule has 0 atom stereocenters. The summed E-state index contributed by atoms with van der Waals surface area (Å²) in [6, 6.07) is 7.03. The first-order valence-corrected chi connectivity index (χ1v) is 16.6. The molecule has 3 aliphatic heterocycles. The summed E-state index contributed by atoms with van der Waals surface area (Å²) in [5, 5.41) is 2.91. The van der Waals surface area contributed by atoms with Crippen molar-refractivity contribution in [2.75, 3.05) is 52.4 Å². The van der Waals surface area contributed by atoms with Crippen LogP contribution in [0, 0.1) is 0 Å². The van der Waals surface area contributed by atoms with Gasteiger partial charge < -0.3 is 19.1 Å². The van der Waals surface area contributed by atoms with Crippen LogP contribution in [0.3, 0.4) is 0 Å². The third kappa shape index (κ3) is 8.27. The number of rotatable bonds is 12. The Kier molecular flexibility index (Phi) is 11.1. The molecule has 3 aliphatic rings. The zero-order valence-corrected chi connectivity index (χ0v) is 27.0. The van der Waals surface area contributed by atoms with Crippen molar-refractivity contribution in [2.24, 2.45) is 0 Å². The predicted octanol–water partition coefficient (Wildman–Crippen LogP) is 3.41. The van der Waals surface area contributed by atoms with Gasteiger partial charge in [-0.3, -0.25) is 33.9 Å². The van der Waals surface area contributed by atoms with Gasteiger partial charge in [-0.05, 0) is 30.7 Å². The molecule has 3 fully saturated rings. The summed E-state index contributed by atoms with van der Waals surface area (Å²) in [6.45, 7) is 4.40. The average Bonchev–Trinajstić information content (AvgIpc) is 3.81. The summed E-state index contributed by atoms with van der Waals surface area (Å²) in [6.07, 6.45) is 7.43. The van der Waals surface area contributed by atoms with E-state index in [0.29, 0.717) is 88.6 Å². The number of piperazine rings is 1. The lowest BCUT2D eigenvalue weighted by Gasteiger charge is -2.35. The Hall–Kier alpha value is -3.24. The van der Waals surface area contributed by atoms with Gasteiger partial charge in [0.2, 0.25) is 11.8 Å². The van der Waals surface area contributed by atoms with Crippen molar-refractivity contribution >= 4 is 92.4 Å². The third-order valence-corrected chi connectivity index (χ3v) is 9.95. The molecule has 232 valence electrons. The van der Waals surface area contributed by atoms with Gasteiger partial charge in [0.05, 0.1) is 22.3 Å². The summed E-state index contributed by atoms with van der Waals surface area (Å²) in [5.74, 6) is 0.683. The summed E-state index contributed by atoms with van der Waals surface area (Å²) in [5.41, 5.74) is 0. The molecule has 0 bridgehead atoms.